The van der Waals surface area contributed by atoms with Crippen LogP contribution in [0.25, 0.3) is 0 Å². The van der Waals surface area contributed by atoms with Crippen LogP contribution >= 0.6 is 0 Å². The number of carbonyl (C=O) groups is 1. The van der Waals surface area contributed by atoms with Gasteiger partial charge < -0.3 is 9.84 Å². The van der Waals surface area contributed by atoms with Crippen LogP contribution in [0.5, 0.6) is 0 Å². The Labute approximate surface area is 125 Å². The lowest BCUT2D eigenvalue weighted by atomic mass is 9.97. The molecule has 0 saturated heterocycles. The van der Waals surface area contributed by atoms with Crippen LogP contribution in [0.15, 0.2) is 60.7 Å². The van der Waals surface area contributed by atoms with E-state index in [0.717, 1.165) is 17.5 Å². The third-order valence-electron chi connectivity index (χ3n) is 3.30. The second-order valence-electron chi connectivity index (χ2n) is 5.15. The molecule has 0 unspecified atom stereocenters. The average molecular weight is 284 g/mol. The molecule has 0 aliphatic carbocycles. The number of ether oxygens (including phenoxy) is 1. The van der Waals surface area contributed by atoms with Gasteiger partial charge in [-0.05, 0) is 23.5 Å². The zero-order valence-electron chi connectivity index (χ0n) is 11.9. The van der Waals surface area contributed by atoms with Crippen LogP contribution in [0, 0.1) is 5.92 Å². The minimum atomic E-state index is -0.778. The van der Waals surface area contributed by atoms with Crippen LogP contribution in [0.4, 0.5) is 0 Å². The largest absolute Gasteiger partial charge is 0.481 e. The lowest BCUT2D eigenvalue weighted by Gasteiger charge is -2.15. The van der Waals surface area contributed by atoms with Gasteiger partial charge in [0, 0.05) is 0 Å². The van der Waals surface area contributed by atoms with E-state index in [-0.39, 0.29) is 12.3 Å². The molecule has 2 aromatic carbocycles. The Bertz CT molecular complexity index is 537. The monoisotopic (exact) mass is 284 g/mol. The molecule has 1 N–H and O–H groups in total. The van der Waals surface area contributed by atoms with E-state index in [2.05, 4.69) is 0 Å². The lowest BCUT2D eigenvalue weighted by molar-refractivity contribution is -0.138. The molecule has 0 fully saturated rings. The van der Waals surface area contributed by atoms with Crippen LogP contribution in [-0.4, -0.2) is 17.7 Å². The molecule has 2 aromatic rings. The van der Waals surface area contributed by atoms with Crippen LogP contribution in [0.1, 0.15) is 17.5 Å². The first-order valence-electron chi connectivity index (χ1n) is 7.11. The van der Waals surface area contributed by atoms with E-state index in [1.807, 2.05) is 60.7 Å². The molecular weight excluding hydrogens is 264 g/mol. The molecule has 0 heterocycles. The molecule has 3 heteroatoms. The van der Waals surface area contributed by atoms with E-state index in [1.54, 1.807) is 0 Å². The number of carboxylic acid groups (broad SMARTS) is 1. The van der Waals surface area contributed by atoms with E-state index in [9.17, 15) is 4.79 Å². The van der Waals surface area contributed by atoms with E-state index >= 15 is 0 Å². The van der Waals surface area contributed by atoms with Gasteiger partial charge in [-0.25, -0.2) is 0 Å². The summed E-state index contributed by atoms with van der Waals surface area (Å²) in [4.78, 5) is 11.0. The first-order valence-corrected chi connectivity index (χ1v) is 7.11. The van der Waals surface area contributed by atoms with E-state index < -0.39 is 5.97 Å². The number of aliphatic carboxylic acids is 1. The third-order valence-corrected chi connectivity index (χ3v) is 3.30. The summed E-state index contributed by atoms with van der Waals surface area (Å²) in [5, 5.41) is 9.02. The molecule has 0 bridgehead atoms. The fourth-order valence-corrected chi connectivity index (χ4v) is 2.30. The van der Waals surface area contributed by atoms with Crippen molar-refractivity contribution in [3.8, 4) is 0 Å². The third kappa shape index (κ3) is 5.79. The fraction of sp³-hybridized carbons (Fsp3) is 0.278. The van der Waals surface area contributed by atoms with Crippen molar-refractivity contribution >= 4 is 5.97 Å². The van der Waals surface area contributed by atoms with Crippen molar-refractivity contribution < 1.29 is 14.6 Å². The zero-order chi connectivity index (χ0) is 14.9. The molecule has 2 rings (SSSR count). The molecule has 0 aromatic heterocycles. The Morgan fingerprint density at radius 1 is 0.952 bits per heavy atom. The molecule has 0 aliphatic rings. The Hall–Kier alpha value is -2.13. The predicted octanol–water partition coefficient (Wildman–Crippen LogP) is 3.54. The number of rotatable bonds is 8. The van der Waals surface area contributed by atoms with Crippen LogP contribution in [0.3, 0.4) is 0 Å². The van der Waals surface area contributed by atoms with E-state index in [4.69, 9.17) is 9.84 Å². The summed E-state index contributed by atoms with van der Waals surface area (Å²) in [7, 11) is 0. The summed E-state index contributed by atoms with van der Waals surface area (Å²) in [6.07, 6.45) is 0.853. The van der Waals surface area contributed by atoms with E-state index in [0.29, 0.717) is 13.2 Å². The number of hydrogen-bond acceptors (Lipinski definition) is 2. The van der Waals surface area contributed by atoms with Crippen molar-refractivity contribution in [3.63, 3.8) is 0 Å². The summed E-state index contributed by atoms with van der Waals surface area (Å²) in [5.74, 6) is -0.784. The van der Waals surface area contributed by atoms with Gasteiger partial charge in [-0.2, -0.15) is 0 Å². The second-order valence-corrected chi connectivity index (χ2v) is 5.15. The lowest BCUT2D eigenvalue weighted by Crippen LogP contribution is -2.17. The second kappa shape index (κ2) is 8.22. The van der Waals surface area contributed by atoms with Crippen molar-refractivity contribution in [2.24, 2.45) is 5.92 Å². The molecule has 0 amide bonds. The first kappa shape index (κ1) is 15.3. The van der Waals surface area contributed by atoms with Gasteiger partial charge in [0.15, 0.2) is 0 Å². The maximum Gasteiger partial charge on any atom is 0.303 e. The highest BCUT2D eigenvalue weighted by Crippen LogP contribution is 2.14. The van der Waals surface area contributed by atoms with Gasteiger partial charge >= 0.3 is 5.97 Å². The van der Waals surface area contributed by atoms with Crippen molar-refractivity contribution in [3.05, 3.63) is 71.8 Å². The average Bonchev–Trinajstić information content (AvgIpc) is 2.49. The molecule has 0 saturated carbocycles. The Morgan fingerprint density at radius 3 is 2.10 bits per heavy atom. The highest BCUT2D eigenvalue weighted by Gasteiger charge is 2.14. The molecule has 0 radical (unpaired) electrons. The predicted molar refractivity (Wildman–Crippen MR) is 82.0 cm³/mol. The summed E-state index contributed by atoms with van der Waals surface area (Å²) in [6.45, 7) is 0.974. The van der Waals surface area contributed by atoms with Gasteiger partial charge in [-0.1, -0.05) is 60.7 Å². The highest BCUT2D eigenvalue weighted by atomic mass is 16.5. The SMILES string of the molecule is O=C(O)C[C@@H](COCc1ccccc1)Cc1ccccc1. The van der Waals surface area contributed by atoms with Gasteiger partial charge in [-0.3, -0.25) is 4.79 Å². The number of benzene rings is 2. The molecule has 0 aliphatic heterocycles. The minimum absolute atomic E-state index is 0.00591. The topological polar surface area (TPSA) is 46.5 Å². The van der Waals surface area contributed by atoms with Crippen LogP contribution in [0.2, 0.25) is 0 Å². The van der Waals surface area contributed by atoms with Crippen molar-refractivity contribution in [2.45, 2.75) is 19.4 Å². The molecule has 0 spiro atoms. The molecule has 3 nitrogen and oxygen atoms in total. The van der Waals surface area contributed by atoms with Crippen molar-refractivity contribution in [2.75, 3.05) is 6.61 Å². The Kier molecular flexibility index (Phi) is 5.98. The van der Waals surface area contributed by atoms with Gasteiger partial charge in [0.1, 0.15) is 0 Å². The quantitative estimate of drug-likeness (QED) is 0.806. The summed E-state index contributed by atoms with van der Waals surface area (Å²) in [5.41, 5.74) is 2.25. The van der Waals surface area contributed by atoms with Crippen molar-refractivity contribution in [1.29, 1.82) is 0 Å². The summed E-state index contributed by atoms with van der Waals surface area (Å²) < 4.78 is 5.69. The van der Waals surface area contributed by atoms with Crippen molar-refractivity contribution in [1.82, 2.24) is 0 Å². The maximum absolute atomic E-state index is 11.0. The zero-order valence-corrected chi connectivity index (χ0v) is 11.9. The normalized spacial score (nSPS) is 12.0. The Balaban J connectivity index is 1.86. The first-order chi connectivity index (χ1) is 10.2. The Morgan fingerprint density at radius 2 is 1.52 bits per heavy atom. The van der Waals surface area contributed by atoms with E-state index in [1.165, 1.54) is 0 Å². The molecular formula is C18H20O3. The van der Waals surface area contributed by atoms with Crippen LogP contribution < -0.4 is 0 Å². The van der Waals surface area contributed by atoms with Gasteiger partial charge in [-0.15, -0.1) is 0 Å². The highest BCUT2D eigenvalue weighted by molar-refractivity contribution is 5.67. The minimum Gasteiger partial charge on any atom is -0.481 e. The maximum atomic E-state index is 11.0. The van der Waals surface area contributed by atoms with Gasteiger partial charge in [0.25, 0.3) is 0 Å². The summed E-state index contributed by atoms with van der Waals surface area (Å²) >= 11 is 0. The molecule has 1 atom stereocenters. The summed E-state index contributed by atoms with van der Waals surface area (Å²) in [6, 6.07) is 19.9. The molecule has 21 heavy (non-hydrogen) atoms. The smallest absolute Gasteiger partial charge is 0.303 e. The number of carboxylic acids is 1. The van der Waals surface area contributed by atoms with Gasteiger partial charge in [0.2, 0.25) is 0 Å². The molecule has 110 valence electrons. The standard InChI is InChI=1S/C18H20O3/c19-18(20)12-17(11-15-7-3-1-4-8-15)14-21-13-16-9-5-2-6-10-16/h1-10,17H,11-14H2,(H,19,20)/t17-/m0/s1. The van der Waals surface area contributed by atoms with Gasteiger partial charge in [0.05, 0.1) is 19.6 Å². The van der Waals surface area contributed by atoms with Crippen LogP contribution in [-0.2, 0) is 22.6 Å². The fourth-order valence-electron chi connectivity index (χ4n) is 2.30. The number of hydrogen-bond donors (Lipinski definition) is 1.